The van der Waals surface area contributed by atoms with Crippen LogP contribution in [0.1, 0.15) is 39.0 Å². The summed E-state index contributed by atoms with van der Waals surface area (Å²) in [5, 5.41) is 9.47. The average Bonchev–Trinajstić information content (AvgIpc) is 2.94. The topological polar surface area (TPSA) is 61.0 Å². The lowest BCUT2D eigenvalue weighted by Gasteiger charge is -2.33. The molecule has 3 atom stereocenters. The number of aromatic nitrogens is 2. The Balaban J connectivity index is 1.72. The zero-order chi connectivity index (χ0) is 12.5. The minimum atomic E-state index is 0.0262. The molecule has 0 spiro atoms. The summed E-state index contributed by atoms with van der Waals surface area (Å²) in [6.07, 6.45) is 9.52. The second kappa shape index (κ2) is 4.63. The van der Waals surface area contributed by atoms with E-state index >= 15 is 0 Å². The molecule has 0 aromatic carbocycles. The molecule has 2 aliphatic rings. The van der Waals surface area contributed by atoms with Crippen LogP contribution in [0.25, 0.3) is 0 Å². The highest BCUT2D eigenvalue weighted by Gasteiger charge is 2.42. The fourth-order valence-electron chi connectivity index (χ4n) is 3.57. The Morgan fingerprint density at radius 3 is 3.11 bits per heavy atom. The Morgan fingerprint density at radius 2 is 2.33 bits per heavy atom. The van der Waals surface area contributed by atoms with E-state index in [9.17, 15) is 4.79 Å². The van der Waals surface area contributed by atoms with Gasteiger partial charge in [-0.15, -0.1) is 0 Å². The van der Waals surface area contributed by atoms with E-state index in [1.807, 2.05) is 0 Å². The summed E-state index contributed by atoms with van der Waals surface area (Å²) in [5.74, 6) is 0.712. The Bertz CT molecular complexity index is 417. The van der Waals surface area contributed by atoms with Gasteiger partial charge in [0, 0.05) is 18.3 Å². The van der Waals surface area contributed by atoms with Gasteiger partial charge in [-0.2, -0.15) is 5.10 Å². The van der Waals surface area contributed by atoms with Gasteiger partial charge >= 0.3 is 6.03 Å². The highest BCUT2D eigenvalue weighted by atomic mass is 16.2. The van der Waals surface area contributed by atoms with Crippen molar-refractivity contribution >= 4 is 11.7 Å². The fourth-order valence-corrected chi connectivity index (χ4v) is 3.57. The molecule has 2 amide bonds. The van der Waals surface area contributed by atoms with Gasteiger partial charge in [0.1, 0.15) is 0 Å². The van der Waals surface area contributed by atoms with Crippen LogP contribution in [0.2, 0.25) is 0 Å². The van der Waals surface area contributed by atoms with Crippen molar-refractivity contribution in [2.75, 3.05) is 5.32 Å². The molecule has 1 aromatic heterocycles. The molecule has 1 saturated carbocycles. The number of nitrogens with one attached hydrogen (secondary N) is 2. The van der Waals surface area contributed by atoms with Crippen LogP contribution in [0.15, 0.2) is 12.4 Å². The van der Waals surface area contributed by atoms with Crippen molar-refractivity contribution in [1.82, 2.24) is 15.1 Å². The molecule has 5 nitrogen and oxygen atoms in total. The first-order chi connectivity index (χ1) is 8.75. The largest absolute Gasteiger partial charge is 0.322 e. The smallest absolute Gasteiger partial charge is 0.319 e. The van der Waals surface area contributed by atoms with E-state index in [0.29, 0.717) is 18.0 Å². The minimum Gasteiger partial charge on any atom is -0.319 e. The molecule has 98 valence electrons. The fraction of sp³-hybridized carbons (Fsp3) is 0.692. The summed E-state index contributed by atoms with van der Waals surface area (Å²) in [4.78, 5) is 14.4. The highest BCUT2D eigenvalue weighted by molar-refractivity contribution is 5.89. The van der Waals surface area contributed by atoms with E-state index in [-0.39, 0.29) is 6.03 Å². The lowest BCUT2D eigenvalue weighted by molar-refractivity contribution is 0.168. The van der Waals surface area contributed by atoms with E-state index in [1.165, 1.54) is 19.3 Å². The van der Waals surface area contributed by atoms with Gasteiger partial charge in [0.05, 0.1) is 11.9 Å². The normalized spacial score (nSPS) is 31.2. The van der Waals surface area contributed by atoms with E-state index in [4.69, 9.17) is 0 Å². The van der Waals surface area contributed by atoms with Crippen LogP contribution in [0.3, 0.4) is 0 Å². The summed E-state index contributed by atoms with van der Waals surface area (Å²) in [7, 11) is 0. The maximum Gasteiger partial charge on any atom is 0.322 e. The molecule has 18 heavy (non-hydrogen) atoms. The number of hydrogen-bond donors (Lipinski definition) is 2. The molecule has 2 heterocycles. The van der Waals surface area contributed by atoms with Crippen LogP contribution in [0.4, 0.5) is 10.5 Å². The van der Waals surface area contributed by atoms with Crippen molar-refractivity contribution in [1.29, 1.82) is 0 Å². The maximum absolute atomic E-state index is 12.4. The molecule has 0 unspecified atom stereocenters. The number of H-pyrrole nitrogens is 1. The monoisotopic (exact) mass is 248 g/mol. The van der Waals surface area contributed by atoms with Crippen LogP contribution in [0, 0.1) is 5.92 Å². The summed E-state index contributed by atoms with van der Waals surface area (Å²) in [6, 6.07) is 0.823. The maximum atomic E-state index is 12.4. The Labute approximate surface area is 107 Å². The first-order valence-corrected chi connectivity index (χ1v) is 6.84. The lowest BCUT2D eigenvalue weighted by Crippen LogP contribution is -2.44. The van der Waals surface area contributed by atoms with Gasteiger partial charge in [-0.25, -0.2) is 4.79 Å². The van der Waals surface area contributed by atoms with Crippen LogP contribution >= 0.6 is 0 Å². The number of hydrogen-bond acceptors (Lipinski definition) is 2. The van der Waals surface area contributed by atoms with Gasteiger partial charge in [0.15, 0.2) is 0 Å². The summed E-state index contributed by atoms with van der Waals surface area (Å²) >= 11 is 0. The summed E-state index contributed by atoms with van der Waals surface area (Å²) < 4.78 is 0. The van der Waals surface area contributed by atoms with E-state index in [0.717, 1.165) is 18.5 Å². The lowest BCUT2D eigenvalue weighted by atomic mass is 9.85. The van der Waals surface area contributed by atoms with Crippen LogP contribution in [0.5, 0.6) is 0 Å². The van der Waals surface area contributed by atoms with Crippen molar-refractivity contribution in [2.24, 2.45) is 5.92 Å². The quantitative estimate of drug-likeness (QED) is 0.802. The van der Waals surface area contributed by atoms with Gasteiger partial charge < -0.3 is 10.2 Å². The van der Waals surface area contributed by atoms with Crippen molar-refractivity contribution in [2.45, 2.75) is 51.1 Å². The van der Waals surface area contributed by atoms with Crippen molar-refractivity contribution in [3.8, 4) is 0 Å². The third kappa shape index (κ3) is 1.98. The van der Waals surface area contributed by atoms with Gasteiger partial charge in [-0.3, -0.25) is 5.10 Å². The van der Waals surface area contributed by atoms with Crippen LogP contribution in [-0.2, 0) is 0 Å². The molecular weight excluding hydrogens is 228 g/mol. The molecule has 0 bridgehead atoms. The van der Waals surface area contributed by atoms with Crippen LogP contribution in [-0.4, -0.2) is 33.2 Å². The SMILES string of the molecule is C[C@@H]1C[C@H]2CCCC[C@@H]2N1C(=O)Nc1cn[nH]c1. The van der Waals surface area contributed by atoms with Gasteiger partial charge in [0.25, 0.3) is 0 Å². The molecule has 1 aliphatic carbocycles. The molecule has 5 heteroatoms. The predicted octanol–water partition coefficient (Wildman–Crippen LogP) is 2.59. The van der Waals surface area contributed by atoms with Gasteiger partial charge in [-0.1, -0.05) is 12.8 Å². The number of likely N-dealkylation sites (tertiary alicyclic amines) is 1. The highest BCUT2D eigenvalue weighted by Crippen LogP contribution is 2.39. The number of rotatable bonds is 1. The number of anilines is 1. The second-order valence-electron chi connectivity index (χ2n) is 5.52. The number of nitrogens with zero attached hydrogens (tertiary/aromatic N) is 2. The molecule has 1 aromatic rings. The standard InChI is InChI=1S/C13H20N4O/c1-9-6-10-4-2-3-5-12(10)17(9)13(18)16-11-7-14-15-8-11/h7-10,12H,2-6H2,1H3,(H,14,15)(H,16,18)/t9-,10-,12+/m1/s1. The number of carbonyl (C=O) groups is 1. The van der Waals surface area contributed by atoms with Crippen molar-refractivity contribution < 1.29 is 4.79 Å². The predicted molar refractivity (Wildman–Crippen MR) is 69.3 cm³/mol. The number of amides is 2. The van der Waals surface area contributed by atoms with Crippen molar-refractivity contribution in [3.63, 3.8) is 0 Å². The summed E-state index contributed by atoms with van der Waals surface area (Å²) in [6.45, 7) is 2.16. The molecule has 2 fully saturated rings. The van der Waals surface area contributed by atoms with E-state index in [2.05, 4.69) is 27.3 Å². The molecule has 1 saturated heterocycles. The molecule has 3 rings (SSSR count). The Kier molecular flexibility index (Phi) is 2.97. The minimum absolute atomic E-state index is 0.0262. The summed E-state index contributed by atoms with van der Waals surface area (Å²) in [5.41, 5.74) is 0.742. The number of urea groups is 1. The molecule has 0 radical (unpaired) electrons. The zero-order valence-electron chi connectivity index (χ0n) is 10.7. The van der Waals surface area contributed by atoms with Gasteiger partial charge in [0.2, 0.25) is 0 Å². The Hall–Kier alpha value is -1.52. The van der Waals surface area contributed by atoms with Gasteiger partial charge in [-0.05, 0) is 32.1 Å². The number of fused-ring (bicyclic) bond motifs is 1. The molecular formula is C13H20N4O. The van der Waals surface area contributed by atoms with E-state index in [1.54, 1.807) is 12.4 Å². The first kappa shape index (κ1) is 11.6. The van der Waals surface area contributed by atoms with E-state index < -0.39 is 0 Å². The second-order valence-corrected chi connectivity index (χ2v) is 5.52. The third-order valence-electron chi connectivity index (χ3n) is 4.33. The molecule has 1 aliphatic heterocycles. The zero-order valence-corrected chi connectivity index (χ0v) is 10.7. The third-order valence-corrected chi connectivity index (χ3v) is 4.33. The number of carbonyl (C=O) groups excluding carboxylic acids is 1. The Morgan fingerprint density at radius 1 is 1.50 bits per heavy atom. The first-order valence-electron chi connectivity index (χ1n) is 6.84. The molecule has 2 N–H and O–H groups in total. The van der Waals surface area contributed by atoms with Crippen LogP contribution < -0.4 is 5.32 Å². The average molecular weight is 248 g/mol. The van der Waals surface area contributed by atoms with Crippen molar-refractivity contribution in [3.05, 3.63) is 12.4 Å². The number of aromatic amines is 1.